The van der Waals surface area contributed by atoms with E-state index in [4.69, 9.17) is 4.74 Å². The number of carbonyl (C=O) groups is 4. The number of rotatable bonds is 11. The number of carbonyl (C=O) groups excluding carboxylic acids is 4. The van der Waals surface area contributed by atoms with Crippen molar-refractivity contribution < 1.29 is 33.8 Å². The van der Waals surface area contributed by atoms with E-state index < -0.39 is 41.6 Å². The van der Waals surface area contributed by atoms with E-state index in [0.29, 0.717) is 17.5 Å². The van der Waals surface area contributed by atoms with Crippen LogP contribution in [-0.2, 0) is 30.3 Å². The number of hydrogen-bond acceptors (Lipinski definition) is 7. The third kappa shape index (κ3) is 9.59. The molecular weight excluding hydrogens is 514 g/mol. The molecule has 0 aliphatic rings. The molecule has 2 aromatic carbocycles. The molecular formula is C30H41N3O7. The third-order valence-electron chi connectivity index (χ3n) is 6.03. The van der Waals surface area contributed by atoms with E-state index >= 15 is 0 Å². The number of hydrogen-bond donors (Lipinski definition) is 3. The average Bonchev–Trinajstić information content (AvgIpc) is 2.87. The Morgan fingerprint density at radius 3 is 2.23 bits per heavy atom. The van der Waals surface area contributed by atoms with E-state index in [1.54, 1.807) is 39.0 Å². The minimum absolute atomic E-state index is 0.0662. The maximum Gasteiger partial charge on any atom is 0.408 e. The van der Waals surface area contributed by atoms with Gasteiger partial charge in [0.25, 0.3) is 0 Å². The molecule has 0 aromatic heterocycles. The van der Waals surface area contributed by atoms with Gasteiger partial charge in [-0.3, -0.25) is 14.4 Å². The number of alkyl carbamates (subject to hydrolysis) is 1. The fourth-order valence-electron chi connectivity index (χ4n) is 4.24. The molecule has 10 heteroatoms. The van der Waals surface area contributed by atoms with Gasteiger partial charge >= 0.3 is 12.1 Å². The van der Waals surface area contributed by atoms with Gasteiger partial charge in [0.2, 0.25) is 11.8 Å². The number of nitrogens with one attached hydrogen (secondary N) is 2. The third-order valence-corrected chi connectivity index (χ3v) is 6.03. The number of aromatic hydroxyl groups is 1. The second-order valence-corrected chi connectivity index (χ2v) is 10.7. The largest absolute Gasteiger partial charge is 0.508 e. The summed E-state index contributed by atoms with van der Waals surface area (Å²) in [6.45, 7) is 10.6. The van der Waals surface area contributed by atoms with Crippen LogP contribution in [0.3, 0.4) is 0 Å². The molecule has 0 spiro atoms. The molecule has 3 amide bonds. The Labute approximate surface area is 236 Å². The van der Waals surface area contributed by atoms with Crippen LogP contribution in [0.15, 0.2) is 42.5 Å². The van der Waals surface area contributed by atoms with Gasteiger partial charge in [-0.25, -0.2) is 4.79 Å². The number of amides is 3. The van der Waals surface area contributed by atoms with Gasteiger partial charge in [-0.05, 0) is 69.9 Å². The highest BCUT2D eigenvalue weighted by molar-refractivity contribution is 5.93. The van der Waals surface area contributed by atoms with Crippen LogP contribution in [0.1, 0.15) is 62.4 Å². The van der Waals surface area contributed by atoms with Crippen molar-refractivity contribution in [1.82, 2.24) is 15.5 Å². The summed E-state index contributed by atoms with van der Waals surface area (Å²) < 4.78 is 10.1. The highest BCUT2D eigenvalue weighted by atomic mass is 16.6. The second kappa shape index (κ2) is 14.3. The van der Waals surface area contributed by atoms with Crippen molar-refractivity contribution in [2.24, 2.45) is 0 Å². The fraction of sp³-hybridized carbons (Fsp3) is 0.467. The zero-order valence-electron chi connectivity index (χ0n) is 24.4. The molecule has 0 aliphatic carbocycles. The Morgan fingerprint density at radius 1 is 1.02 bits per heavy atom. The van der Waals surface area contributed by atoms with Gasteiger partial charge in [0, 0.05) is 13.0 Å². The number of aryl methyl sites for hydroxylation is 2. The van der Waals surface area contributed by atoms with Crippen molar-refractivity contribution in [3.05, 3.63) is 64.7 Å². The minimum Gasteiger partial charge on any atom is -0.508 e. The Balaban J connectivity index is 2.56. The van der Waals surface area contributed by atoms with Gasteiger partial charge in [0.1, 0.15) is 30.0 Å². The molecule has 0 saturated heterocycles. The lowest BCUT2D eigenvalue weighted by Gasteiger charge is -2.35. The number of esters is 1. The molecule has 0 fully saturated rings. The summed E-state index contributed by atoms with van der Waals surface area (Å²) in [6.07, 6.45) is -0.170. The summed E-state index contributed by atoms with van der Waals surface area (Å²) in [4.78, 5) is 53.8. The first-order chi connectivity index (χ1) is 18.7. The van der Waals surface area contributed by atoms with Crippen molar-refractivity contribution >= 4 is 23.9 Å². The molecule has 0 saturated carbocycles. The molecule has 3 N–H and O–H groups in total. The fourth-order valence-corrected chi connectivity index (χ4v) is 4.24. The average molecular weight is 556 g/mol. The molecule has 40 heavy (non-hydrogen) atoms. The summed E-state index contributed by atoms with van der Waals surface area (Å²) in [5.74, 6) is -1.62. The van der Waals surface area contributed by atoms with Crippen molar-refractivity contribution in [2.45, 2.75) is 72.1 Å². The van der Waals surface area contributed by atoms with E-state index in [1.807, 2.05) is 32.9 Å². The zero-order chi connectivity index (χ0) is 30.0. The van der Waals surface area contributed by atoms with Crippen LogP contribution in [-0.4, -0.2) is 65.7 Å². The summed E-state index contributed by atoms with van der Waals surface area (Å²) in [5, 5.41) is 15.0. The van der Waals surface area contributed by atoms with Crippen molar-refractivity contribution in [3.63, 3.8) is 0 Å². The Hall–Kier alpha value is -4.08. The highest BCUT2D eigenvalue weighted by Gasteiger charge is 2.36. The smallest absolute Gasteiger partial charge is 0.408 e. The predicted octanol–water partition coefficient (Wildman–Crippen LogP) is 3.71. The van der Waals surface area contributed by atoms with Crippen LogP contribution < -0.4 is 10.6 Å². The molecule has 0 aliphatic heterocycles. The lowest BCUT2D eigenvalue weighted by molar-refractivity contribution is -0.144. The first kappa shape index (κ1) is 32.1. The predicted molar refractivity (Wildman–Crippen MR) is 151 cm³/mol. The molecule has 0 heterocycles. The summed E-state index contributed by atoms with van der Waals surface area (Å²) in [6, 6.07) is 9.68. The highest BCUT2D eigenvalue weighted by Crippen LogP contribution is 2.27. The number of methoxy groups -OCH3 is 1. The van der Waals surface area contributed by atoms with E-state index in [2.05, 4.69) is 15.4 Å². The first-order valence-corrected chi connectivity index (χ1v) is 13.2. The number of nitrogens with zero attached hydrogens (tertiary/aromatic N) is 1. The standard InChI is InChI=1S/C30H41N3O7/c1-8-15-33(26(27(36)31-18-25(35)39-7)23-14-9-19(2)16-20(23)3)28(37)24(32-29(38)40-30(4,5)6)17-21-10-12-22(34)13-11-21/h9-14,16,24,26,34H,8,15,17-18H2,1-7H3,(H,31,36)(H,32,38). The zero-order valence-corrected chi connectivity index (χ0v) is 24.4. The number of phenols is 1. The van der Waals surface area contributed by atoms with Gasteiger partial charge in [0.05, 0.1) is 7.11 Å². The van der Waals surface area contributed by atoms with Crippen molar-refractivity contribution in [1.29, 1.82) is 0 Å². The van der Waals surface area contributed by atoms with Crippen LogP contribution in [0.25, 0.3) is 0 Å². The van der Waals surface area contributed by atoms with Crippen LogP contribution in [0.2, 0.25) is 0 Å². The van der Waals surface area contributed by atoms with E-state index in [1.165, 1.54) is 24.1 Å². The van der Waals surface area contributed by atoms with Crippen molar-refractivity contribution in [2.75, 3.05) is 20.2 Å². The van der Waals surface area contributed by atoms with E-state index in [-0.39, 0.29) is 25.3 Å². The lowest BCUT2D eigenvalue weighted by atomic mass is 9.95. The maximum atomic E-state index is 14.2. The Bertz CT molecular complexity index is 1190. The summed E-state index contributed by atoms with van der Waals surface area (Å²) in [7, 11) is 1.22. The van der Waals surface area contributed by atoms with Crippen LogP contribution in [0.4, 0.5) is 4.79 Å². The van der Waals surface area contributed by atoms with Crippen LogP contribution >= 0.6 is 0 Å². The lowest BCUT2D eigenvalue weighted by Crippen LogP contribution is -2.54. The quantitative estimate of drug-likeness (QED) is 0.360. The summed E-state index contributed by atoms with van der Waals surface area (Å²) >= 11 is 0. The minimum atomic E-state index is -1.09. The first-order valence-electron chi connectivity index (χ1n) is 13.2. The monoisotopic (exact) mass is 555 g/mol. The second-order valence-electron chi connectivity index (χ2n) is 10.7. The topological polar surface area (TPSA) is 134 Å². The van der Waals surface area contributed by atoms with Gasteiger partial charge in [-0.1, -0.05) is 42.8 Å². The summed E-state index contributed by atoms with van der Waals surface area (Å²) in [5.41, 5.74) is 2.26. The van der Waals surface area contributed by atoms with E-state index in [0.717, 1.165) is 11.1 Å². The molecule has 10 nitrogen and oxygen atoms in total. The van der Waals surface area contributed by atoms with Crippen molar-refractivity contribution in [3.8, 4) is 5.75 Å². The molecule has 2 atom stereocenters. The molecule has 2 unspecified atom stereocenters. The molecule has 0 bridgehead atoms. The SMILES string of the molecule is CCCN(C(=O)C(Cc1ccc(O)cc1)NC(=O)OC(C)(C)C)C(C(=O)NCC(=O)OC)c1ccc(C)cc1C. The molecule has 2 aromatic rings. The molecule has 218 valence electrons. The van der Waals surface area contributed by atoms with Gasteiger partial charge in [-0.2, -0.15) is 0 Å². The van der Waals surface area contributed by atoms with Gasteiger partial charge in [0.15, 0.2) is 0 Å². The molecule has 2 rings (SSSR count). The van der Waals surface area contributed by atoms with Crippen LogP contribution in [0, 0.1) is 13.8 Å². The van der Waals surface area contributed by atoms with Gasteiger partial charge < -0.3 is 30.1 Å². The van der Waals surface area contributed by atoms with Gasteiger partial charge in [-0.15, -0.1) is 0 Å². The number of benzene rings is 2. The number of phenolic OH excluding ortho intramolecular Hbond substituents is 1. The van der Waals surface area contributed by atoms with Crippen LogP contribution in [0.5, 0.6) is 5.75 Å². The molecule has 0 radical (unpaired) electrons. The maximum absolute atomic E-state index is 14.2. The normalized spacial score (nSPS) is 12.6. The number of ether oxygens (including phenoxy) is 2. The Kier molecular flexibility index (Phi) is 11.5. The Morgan fingerprint density at radius 2 is 1.68 bits per heavy atom. The van der Waals surface area contributed by atoms with E-state index in [9.17, 15) is 24.3 Å².